The van der Waals surface area contributed by atoms with Gasteiger partial charge in [0.05, 0.1) is 11.1 Å². The molecular formula is C23H32N6O2. The fraction of sp³-hybridized carbons (Fsp3) is 0.565. The van der Waals surface area contributed by atoms with Crippen molar-refractivity contribution in [3.05, 3.63) is 41.0 Å². The van der Waals surface area contributed by atoms with Gasteiger partial charge in [0.1, 0.15) is 0 Å². The quantitative estimate of drug-likeness (QED) is 0.606. The van der Waals surface area contributed by atoms with Gasteiger partial charge in [-0.15, -0.1) is 0 Å². The van der Waals surface area contributed by atoms with Crippen molar-refractivity contribution in [1.29, 1.82) is 0 Å². The topological polar surface area (TPSA) is 74.6 Å². The Morgan fingerprint density at radius 2 is 1.45 bits per heavy atom. The maximum atomic E-state index is 13.0. The summed E-state index contributed by atoms with van der Waals surface area (Å²) in [5.74, 6) is 0.533. The highest BCUT2D eigenvalue weighted by atomic mass is 16.2. The monoisotopic (exact) mass is 424 g/mol. The molecule has 166 valence electrons. The highest BCUT2D eigenvalue weighted by Crippen LogP contribution is 2.31. The Kier molecular flexibility index (Phi) is 6.36. The summed E-state index contributed by atoms with van der Waals surface area (Å²) in [6.07, 6.45) is 6.46. The fourth-order valence-corrected chi connectivity index (χ4v) is 4.70. The van der Waals surface area contributed by atoms with E-state index in [1.165, 1.54) is 4.90 Å². The van der Waals surface area contributed by atoms with E-state index < -0.39 is 0 Å². The van der Waals surface area contributed by atoms with Gasteiger partial charge in [0.15, 0.2) is 0 Å². The number of fused-ring (bicyclic) bond motifs is 1. The van der Waals surface area contributed by atoms with Crippen molar-refractivity contribution in [2.45, 2.75) is 46.6 Å². The van der Waals surface area contributed by atoms with Crippen molar-refractivity contribution < 1.29 is 9.59 Å². The van der Waals surface area contributed by atoms with E-state index in [0.717, 1.165) is 75.9 Å². The number of piperazine rings is 1. The molecular weight excluding hydrogens is 392 g/mol. The first-order valence-electron chi connectivity index (χ1n) is 11.3. The average Bonchev–Trinajstić information content (AvgIpc) is 3.19. The van der Waals surface area contributed by atoms with Crippen LogP contribution in [0, 0.1) is 13.8 Å². The molecule has 0 unspecified atom stereocenters. The molecule has 0 aliphatic carbocycles. The molecule has 8 nitrogen and oxygen atoms in total. The number of hydrogen-bond donors (Lipinski definition) is 0. The molecule has 2 aromatic rings. The van der Waals surface area contributed by atoms with Crippen LogP contribution < -0.4 is 4.90 Å². The second-order valence-corrected chi connectivity index (χ2v) is 8.42. The Morgan fingerprint density at radius 3 is 2.03 bits per heavy atom. The Labute approximate surface area is 183 Å². The van der Waals surface area contributed by atoms with E-state index >= 15 is 0 Å². The normalized spacial score (nSPS) is 17.0. The van der Waals surface area contributed by atoms with Gasteiger partial charge in [0, 0.05) is 63.1 Å². The maximum Gasteiger partial charge on any atom is 0.263 e. The minimum atomic E-state index is -0.123. The molecule has 4 heterocycles. The van der Waals surface area contributed by atoms with Crippen LogP contribution in [0.3, 0.4) is 0 Å². The fourth-order valence-electron chi connectivity index (χ4n) is 4.70. The first kappa shape index (κ1) is 21.5. The van der Waals surface area contributed by atoms with Crippen LogP contribution in [0.25, 0.3) is 0 Å². The first-order chi connectivity index (χ1) is 15.0. The first-order valence-corrected chi connectivity index (χ1v) is 11.3. The third-order valence-electron chi connectivity index (χ3n) is 6.50. The SMILES string of the molecule is CCCCn1c(C)c2c(c1C)C(=O)N(CCCN1CCN(c3ncccn3)CC1)C2=O. The molecule has 4 rings (SSSR count). The Bertz CT molecular complexity index is 907. The minimum Gasteiger partial charge on any atom is -0.348 e. The molecule has 0 spiro atoms. The number of hydrogen-bond acceptors (Lipinski definition) is 6. The lowest BCUT2D eigenvalue weighted by atomic mass is 10.1. The number of nitrogens with zero attached hydrogens (tertiary/aromatic N) is 6. The van der Waals surface area contributed by atoms with E-state index in [1.54, 1.807) is 12.4 Å². The van der Waals surface area contributed by atoms with Gasteiger partial charge in [-0.05, 0) is 39.3 Å². The Balaban J connectivity index is 1.30. The van der Waals surface area contributed by atoms with Crippen molar-refractivity contribution in [2.24, 2.45) is 0 Å². The lowest BCUT2D eigenvalue weighted by Crippen LogP contribution is -2.47. The van der Waals surface area contributed by atoms with Crippen molar-refractivity contribution in [3.8, 4) is 0 Å². The second-order valence-electron chi connectivity index (χ2n) is 8.42. The lowest BCUT2D eigenvalue weighted by Gasteiger charge is -2.34. The molecule has 2 aromatic heterocycles. The van der Waals surface area contributed by atoms with Crippen LogP contribution in [-0.4, -0.2) is 75.4 Å². The van der Waals surface area contributed by atoms with E-state index in [4.69, 9.17) is 0 Å². The van der Waals surface area contributed by atoms with Crippen LogP contribution in [0.2, 0.25) is 0 Å². The number of carbonyl (C=O) groups excluding carboxylic acids is 2. The van der Waals surface area contributed by atoms with E-state index in [2.05, 4.69) is 31.3 Å². The van der Waals surface area contributed by atoms with Gasteiger partial charge in [-0.25, -0.2) is 9.97 Å². The Hall–Kier alpha value is -2.74. The van der Waals surface area contributed by atoms with Crippen molar-refractivity contribution >= 4 is 17.8 Å². The van der Waals surface area contributed by atoms with Crippen LogP contribution in [0.4, 0.5) is 5.95 Å². The molecule has 0 aromatic carbocycles. The summed E-state index contributed by atoms with van der Waals surface area (Å²) in [5, 5.41) is 0. The zero-order valence-corrected chi connectivity index (χ0v) is 18.8. The molecule has 1 saturated heterocycles. The van der Waals surface area contributed by atoms with E-state index in [-0.39, 0.29) is 11.8 Å². The number of rotatable bonds is 8. The van der Waals surface area contributed by atoms with Crippen LogP contribution in [-0.2, 0) is 6.54 Å². The maximum absolute atomic E-state index is 13.0. The molecule has 0 bridgehead atoms. The molecule has 0 atom stereocenters. The van der Waals surface area contributed by atoms with Crippen LogP contribution in [0.15, 0.2) is 18.5 Å². The van der Waals surface area contributed by atoms with Gasteiger partial charge in [0.2, 0.25) is 5.95 Å². The Morgan fingerprint density at radius 1 is 0.839 bits per heavy atom. The summed E-state index contributed by atoms with van der Waals surface area (Å²) in [4.78, 5) is 40.7. The third kappa shape index (κ3) is 4.08. The molecule has 1 fully saturated rings. The molecule has 8 heteroatoms. The predicted molar refractivity (Wildman–Crippen MR) is 119 cm³/mol. The largest absolute Gasteiger partial charge is 0.348 e. The lowest BCUT2D eigenvalue weighted by molar-refractivity contribution is 0.0644. The molecule has 2 aliphatic rings. The van der Waals surface area contributed by atoms with Crippen molar-refractivity contribution in [1.82, 2.24) is 24.3 Å². The van der Waals surface area contributed by atoms with E-state index in [1.807, 2.05) is 19.9 Å². The highest BCUT2D eigenvalue weighted by molar-refractivity contribution is 6.22. The van der Waals surface area contributed by atoms with Gasteiger partial charge in [0.25, 0.3) is 11.8 Å². The summed E-state index contributed by atoms with van der Waals surface area (Å²) in [6, 6.07) is 1.83. The summed E-state index contributed by atoms with van der Waals surface area (Å²) in [5.41, 5.74) is 3.10. The second kappa shape index (κ2) is 9.18. The van der Waals surface area contributed by atoms with E-state index in [9.17, 15) is 9.59 Å². The summed E-state index contributed by atoms with van der Waals surface area (Å²) < 4.78 is 2.14. The minimum absolute atomic E-state index is 0.123. The van der Waals surface area contributed by atoms with Crippen LogP contribution >= 0.6 is 0 Å². The van der Waals surface area contributed by atoms with Gasteiger partial charge in [-0.1, -0.05) is 13.3 Å². The zero-order chi connectivity index (χ0) is 22.0. The molecule has 2 aliphatic heterocycles. The van der Waals surface area contributed by atoms with Crippen LogP contribution in [0.1, 0.15) is 58.3 Å². The number of anilines is 1. The number of carbonyl (C=O) groups is 2. The highest BCUT2D eigenvalue weighted by Gasteiger charge is 2.40. The van der Waals surface area contributed by atoms with Gasteiger partial charge in [-0.3, -0.25) is 19.4 Å². The summed E-state index contributed by atoms with van der Waals surface area (Å²) in [6.45, 7) is 11.9. The van der Waals surface area contributed by atoms with Crippen LogP contribution in [0.5, 0.6) is 0 Å². The van der Waals surface area contributed by atoms with Gasteiger partial charge in [-0.2, -0.15) is 0 Å². The van der Waals surface area contributed by atoms with E-state index in [0.29, 0.717) is 17.7 Å². The summed E-state index contributed by atoms with van der Waals surface area (Å²) >= 11 is 0. The number of aromatic nitrogens is 3. The van der Waals surface area contributed by atoms with Crippen molar-refractivity contribution in [3.63, 3.8) is 0 Å². The number of unbranched alkanes of at least 4 members (excludes halogenated alkanes) is 1. The average molecular weight is 425 g/mol. The summed E-state index contributed by atoms with van der Waals surface area (Å²) in [7, 11) is 0. The van der Waals surface area contributed by atoms with Crippen molar-refractivity contribution in [2.75, 3.05) is 44.2 Å². The predicted octanol–water partition coefficient (Wildman–Crippen LogP) is 2.50. The molecule has 0 N–H and O–H groups in total. The van der Waals surface area contributed by atoms with Gasteiger partial charge < -0.3 is 9.47 Å². The number of amides is 2. The number of imide groups is 1. The van der Waals surface area contributed by atoms with Gasteiger partial charge >= 0.3 is 0 Å². The third-order valence-corrected chi connectivity index (χ3v) is 6.50. The molecule has 0 saturated carbocycles. The smallest absolute Gasteiger partial charge is 0.263 e. The zero-order valence-electron chi connectivity index (χ0n) is 18.8. The molecule has 31 heavy (non-hydrogen) atoms. The standard InChI is InChI=1S/C23H32N6O2/c1-4-5-11-28-17(2)19-20(18(28)3)22(31)29(21(19)30)12-7-10-26-13-15-27(16-14-26)23-24-8-6-9-25-23/h6,8-9H,4-5,7,10-16H2,1-3H3. The molecule has 0 radical (unpaired) electrons. The molecule has 2 amide bonds.